The molecule has 2 rings (SSSR count). The van der Waals surface area contributed by atoms with Crippen LogP contribution in [0.5, 0.6) is 0 Å². The van der Waals surface area contributed by atoms with Crippen molar-refractivity contribution < 1.29 is 4.39 Å². The van der Waals surface area contributed by atoms with Crippen LogP contribution < -0.4 is 5.32 Å². The van der Waals surface area contributed by atoms with Gasteiger partial charge in [-0.05, 0) is 36.2 Å². The summed E-state index contributed by atoms with van der Waals surface area (Å²) in [6, 6.07) is 15.6. The van der Waals surface area contributed by atoms with Crippen molar-refractivity contribution in [3.05, 3.63) is 76.4 Å². The van der Waals surface area contributed by atoms with Gasteiger partial charge in [0.1, 0.15) is 11.9 Å². The molecule has 2 aromatic carbocycles. The van der Waals surface area contributed by atoms with Crippen molar-refractivity contribution in [2.24, 2.45) is 5.18 Å². The fraction of sp³-hybridized carbons (Fsp3) is 0.250. The van der Waals surface area contributed by atoms with E-state index in [9.17, 15) is 9.30 Å². The van der Waals surface area contributed by atoms with E-state index in [0.717, 1.165) is 24.1 Å². The number of nitrogens with one attached hydrogen (secondary N) is 1. The van der Waals surface area contributed by atoms with E-state index in [0.29, 0.717) is 6.54 Å². The van der Waals surface area contributed by atoms with Crippen LogP contribution in [0, 0.1) is 10.7 Å². The predicted molar refractivity (Wildman–Crippen MR) is 78.0 cm³/mol. The molecule has 0 saturated heterocycles. The van der Waals surface area contributed by atoms with Gasteiger partial charge in [0.15, 0.2) is 0 Å². The molecule has 0 aliphatic heterocycles. The van der Waals surface area contributed by atoms with Crippen LogP contribution in [0.4, 0.5) is 4.39 Å². The number of halogens is 1. The highest BCUT2D eigenvalue weighted by Crippen LogP contribution is 2.15. The summed E-state index contributed by atoms with van der Waals surface area (Å²) in [5, 5.41) is 6.36. The maximum absolute atomic E-state index is 12.8. The Morgan fingerprint density at radius 1 is 1.05 bits per heavy atom. The van der Waals surface area contributed by atoms with Gasteiger partial charge in [-0.25, -0.2) is 4.39 Å². The van der Waals surface area contributed by atoms with Crippen LogP contribution in [-0.2, 0) is 6.42 Å². The van der Waals surface area contributed by atoms with Gasteiger partial charge in [-0.2, -0.15) is 4.91 Å². The van der Waals surface area contributed by atoms with Gasteiger partial charge in [0, 0.05) is 6.54 Å². The molecule has 0 amide bonds. The quantitative estimate of drug-likeness (QED) is 0.619. The van der Waals surface area contributed by atoms with Crippen molar-refractivity contribution in [3.63, 3.8) is 0 Å². The molecule has 20 heavy (non-hydrogen) atoms. The zero-order valence-electron chi connectivity index (χ0n) is 11.1. The van der Waals surface area contributed by atoms with Crippen LogP contribution >= 0.6 is 0 Å². The van der Waals surface area contributed by atoms with Crippen molar-refractivity contribution in [1.29, 1.82) is 0 Å². The maximum atomic E-state index is 12.8. The molecular formula is C16H17FN2O. The van der Waals surface area contributed by atoms with Crippen LogP contribution in [0.15, 0.2) is 59.8 Å². The van der Waals surface area contributed by atoms with E-state index >= 15 is 0 Å². The first-order chi connectivity index (χ1) is 9.79. The number of hydrogen-bond acceptors (Lipinski definition) is 3. The minimum atomic E-state index is -0.371. The van der Waals surface area contributed by atoms with Gasteiger partial charge >= 0.3 is 0 Å². The first-order valence-corrected chi connectivity index (χ1v) is 6.62. The molecule has 0 spiro atoms. The van der Waals surface area contributed by atoms with E-state index in [4.69, 9.17) is 0 Å². The van der Waals surface area contributed by atoms with Crippen LogP contribution in [0.25, 0.3) is 0 Å². The standard InChI is InChI=1S/C16H17FN2O/c17-15-8-6-13(7-9-15)10-11-18-12-16(19-20)14-4-2-1-3-5-14/h1-9,16,18H,10-12H2. The first-order valence-electron chi connectivity index (χ1n) is 6.62. The molecule has 3 nitrogen and oxygen atoms in total. The molecule has 1 N–H and O–H groups in total. The molecule has 1 unspecified atom stereocenters. The summed E-state index contributed by atoms with van der Waals surface area (Å²) in [6.45, 7) is 1.24. The number of rotatable bonds is 7. The lowest BCUT2D eigenvalue weighted by atomic mass is 10.1. The zero-order valence-corrected chi connectivity index (χ0v) is 11.1. The molecule has 4 heteroatoms. The Kier molecular flexibility index (Phi) is 5.38. The number of hydrogen-bond donors (Lipinski definition) is 1. The van der Waals surface area contributed by atoms with Crippen LogP contribution in [0.3, 0.4) is 0 Å². The monoisotopic (exact) mass is 272 g/mol. The summed E-state index contributed by atoms with van der Waals surface area (Å²) < 4.78 is 12.8. The minimum absolute atomic E-state index is 0.226. The molecule has 0 aromatic heterocycles. The second kappa shape index (κ2) is 7.50. The molecule has 0 bridgehead atoms. The van der Waals surface area contributed by atoms with Crippen molar-refractivity contribution in [2.75, 3.05) is 13.1 Å². The fourth-order valence-electron chi connectivity index (χ4n) is 2.01. The van der Waals surface area contributed by atoms with Crippen molar-refractivity contribution >= 4 is 0 Å². The lowest BCUT2D eigenvalue weighted by Gasteiger charge is -2.10. The Morgan fingerprint density at radius 3 is 2.40 bits per heavy atom. The summed E-state index contributed by atoms with van der Waals surface area (Å²) in [4.78, 5) is 10.9. The number of benzene rings is 2. The molecule has 104 valence electrons. The Labute approximate surface area is 117 Å². The highest BCUT2D eigenvalue weighted by molar-refractivity contribution is 5.19. The summed E-state index contributed by atoms with van der Waals surface area (Å²) in [6.07, 6.45) is 0.792. The zero-order chi connectivity index (χ0) is 14.2. The van der Waals surface area contributed by atoms with Crippen LogP contribution in [0.1, 0.15) is 17.2 Å². The smallest absolute Gasteiger partial charge is 0.129 e. The molecule has 0 radical (unpaired) electrons. The Morgan fingerprint density at radius 2 is 1.75 bits per heavy atom. The van der Waals surface area contributed by atoms with Crippen molar-refractivity contribution in [2.45, 2.75) is 12.5 Å². The molecule has 0 heterocycles. The normalized spacial score (nSPS) is 12.1. The average Bonchev–Trinajstić information content (AvgIpc) is 2.50. The van der Waals surface area contributed by atoms with Gasteiger partial charge in [-0.3, -0.25) is 0 Å². The van der Waals surface area contributed by atoms with Crippen LogP contribution in [0.2, 0.25) is 0 Å². The van der Waals surface area contributed by atoms with Gasteiger partial charge in [-0.15, -0.1) is 0 Å². The van der Waals surface area contributed by atoms with E-state index in [1.807, 2.05) is 30.3 Å². The van der Waals surface area contributed by atoms with E-state index in [2.05, 4.69) is 10.5 Å². The molecular weight excluding hydrogens is 255 g/mol. The molecule has 0 saturated carbocycles. The molecule has 0 fully saturated rings. The SMILES string of the molecule is O=NC(CNCCc1ccc(F)cc1)c1ccccc1. The third kappa shape index (κ3) is 4.24. The summed E-state index contributed by atoms with van der Waals surface area (Å²) in [7, 11) is 0. The molecule has 0 aliphatic rings. The predicted octanol–water partition coefficient (Wildman–Crippen LogP) is 3.47. The lowest BCUT2D eigenvalue weighted by Crippen LogP contribution is -2.23. The van der Waals surface area contributed by atoms with Gasteiger partial charge in [0.05, 0.1) is 0 Å². The third-order valence-electron chi connectivity index (χ3n) is 3.15. The lowest BCUT2D eigenvalue weighted by molar-refractivity contribution is 0.596. The van der Waals surface area contributed by atoms with E-state index in [-0.39, 0.29) is 11.9 Å². The Hall–Kier alpha value is -2.07. The Bertz CT molecular complexity index is 528. The van der Waals surface area contributed by atoms with Gasteiger partial charge in [0.25, 0.3) is 0 Å². The summed E-state index contributed by atoms with van der Waals surface area (Å²) >= 11 is 0. The minimum Gasteiger partial charge on any atom is -0.314 e. The van der Waals surface area contributed by atoms with Crippen molar-refractivity contribution in [3.8, 4) is 0 Å². The fourth-order valence-corrected chi connectivity index (χ4v) is 2.01. The summed E-state index contributed by atoms with van der Waals surface area (Å²) in [5.74, 6) is -0.226. The van der Waals surface area contributed by atoms with Gasteiger partial charge in [0.2, 0.25) is 0 Å². The van der Waals surface area contributed by atoms with E-state index in [1.165, 1.54) is 12.1 Å². The molecule has 2 aromatic rings. The third-order valence-corrected chi connectivity index (χ3v) is 3.15. The van der Waals surface area contributed by atoms with E-state index in [1.54, 1.807) is 12.1 Å². The highest BCUT2D eigenvalue weighted by atomic mass is 19.1. The second-order valence-electron chi connectivity index (χ2n) is 4.61. The molecule has 1 atom stereocenters. The summed E-state index contributed by atoms with van der Waals surface area (Å²) in [5.41, 5.74) is 1.98. The van der Waals surface area contributed by atoms with Crippen LogP contribution in [-0.4, -0.2) is 13.1 Å². The number of nitroso groups, excluding NO2 is 1. The largest absolute Gasteiger partial charge is 0.314 e. The number of nitrogens with zero attached hydrogens (tertiary/aromatic N) is 1. The second-order valence-corrected chi connectivity index (χ2v) is 4.61. The molecule has 0 aliphatic carbocycles. The van der Waals surface area contributed by atoms with Gasteiger partial charge in [-0.1, -0.05) is 47.6 Å². The average molecular weight is 272 g/mol. The Balaban J connectivity index is 1.77. The van der Waals surface area contributed by atoms with Gasteiger partial charge < -0.3 is 5.32 Å². The maximum Gasteiger partial charge on any atom is 0.129 e. The van der Waals surface area contributed by atoms with E-state index < -0.39 is 0 Å². The highest BCUT2D eigenvalue weighted by Gasteiger charge is 2.10. The van der Waals surface area contributed by atoms with Crippen molar-refractivity contribution in [1.82, 2.24) is 5.32 Å². The topological polar surface area (TPSA) is 41.5 Å². The first kappa shape index (κ1) is 14.3.